The number of carbonyl (C=O) groups excluding carboxylic acids is 1. The Balaban J connectivity index is 1.42. The number of aliphatic hydroxyl groups is 1. The molecule has 3 atom stereocenters. The molecule has 1 N–H and O–H groups in total. The van der Waals surface area contributed by atoms with Crippen LogP contribution in [0.1, 0.15) is 35.6 Å². The van der Waals surface area contributed by atoms with E-state index in [1.807, 2.05) is 17.0 Å². The van der Waals surface area contributed by atoms with Crippen LogP contribution in [0.4, 0.5) is 4.39 Å². The second-order valence-electron chi connectivity index (χ2n) is 8.73. The summed E-state index contributed by atoms with van der Waals surface area (Å²) in [4.78, 5) is 18.8. The summed E-state index contributed by atoms with van der Waals surface area (Å²) in [5.74, 6) is -0.330. The number of rotatable bonds is 7. The van der Waals surface area contributed by atoms with Crippen LogP contribution in [0.3, 0.4) is 0 Å². The lowest BCUT2D eigenvalue weighted by atomic mass is 9.96. The van der Waals surface area contributed by atoms with Crippen molar-refractivity contribution < 1.29 is 14.3 Å². The van der Waals surface area contributed by atoms with Gasteiger partial charge in [0.1, 0.15) is 6.17 Å². The van der Waals surface area contributed by atoms with Gasteiger partial charge in [-0.15, -0.1) is 0 Å². The van der Waals surface area contributed by atoms with Gasteiger partial charge >= 0.3 is 0 Å². The minimum Gasteiger partial charge on any atom is -0.388 e. The van der Waals surface area contributed by atoms with Crippen LogP contribution in [0.2, 0.25) is 5.02 Å². The highest BCUT2D eigenvalue weighted by molar-refractivity contribution is 6.30. The number of carbonyl (C=O) groups is 1. The third-order valence-electron chi connectivity index (χ3n) is 6.29. The van der Waals surface area contributed by atoms with Gasteiger partial charge in [0.2, 0.25) is 5.91 Å². The standard InChI is InChI=1S/C25H28ClFN2O2/c26-22-7-3-6-20(13-22)25(31)21(15-29-9-8-23(27)16-29)14-28-24(30)12-17-10-18-4-1-2-5-19(18)11-17/h1-7,13-14,17,21,23,25,31H,8-12,15-16H2. The fraction of sp³-hybridized carbons (Fsp3) is 0.440. The highest BCUT2D eigenvalue weighted by Crippen LogP contribution is 2.29. The normalized spacial score (nSPS) is 21.5. The van der Waals surface area contributed by atoms with Crippen LogP contribution in [0.5, 0.6) is 0 Å². The van der Waals surface area contributed by atoms with E-state index in [2.05, 4.69) is 17.1 Å². The van der Waals surface area contributed by atoms with E-state index in [9.17, 15) is 14.3 Å². The summed E-state index contributed by atoms with van der Waals surface area (Å²) >= 11 is 6.09. The molecule has 2 aromatic rings. The minimum absolute atomic E-state index is 0.175. The number of fused-ring (bicyclic) bond motifs is 1. The number of likely N-dealkylation sites (tertiary alicyclic amines) is 1. The minimum atomic E-state index is -0.871. The number of amides is 1. The molecule has 0 aromatic heterocycles. The van der Waals surface area contributed by atoms with Gasteiger partial charge in [0.15, 0.2) is 0 Å². The molecule has 0 bridgehead atoms. The van der Waals surface area contributed by atoms with Gasteiger partial charge in [-0.1, -0.05) is 48.0 Å². The smallest absolute Gasteiger partial charge is 0.245 e. The fourth-order valence-electron chi connectivity index (χ4n) is 4.69. The zero-order valence-corrected chi connectivity index (χ0v) is 18.2. The maximum atomic E-state index is 13.6. The van der Waals surface area contributed by atoms with E-state index in [-0.39, 0.29) is 11.8 Å². The molecule has 1 aliphatic heterocycles. The molecule has 4 nitrogen and oxygen atoms in total. The molecule has 2 aromatic carbocycles. The predicted molar refractivity (Wildman–Crippen MR) is 121 cm³/mol. The topological polar surface area (TPSA) is 52.9 Å². The van der Waals surface area contributed by atoms with Crippen LogP contribution in [0, 0.1) is 11.8 Å². The lowest BCUT2D eigenvalue weighted by molar-refractivity contribution is -0.118. The van der Waals surface area contributed by atoms with Crippen molar-refractivity contribution in [1.29, 1.82) is 0 Å². The molecule has 164 valence electrons. The number of hydrogen-bond acceptors (Lipinski definition) is 3. The van der Waals surface area contributed by atoms with Crippen LogP contribution in [0.25, 0.3) is 0 Å². The Bertz CT molecular complexity index is 926. The Morgan fingerprint density at radius 3 is 2.61 bits per heavy atom. The highest BCUT2D eigenvalue weighted by Gasteiger charge is 2.28. The maximum absolute atomic E-state index is 13.6. The summed E-state index contributed by atoms with van der Waals surface area (Å²) in [5.41, 5.74) is 3.29. The van der Waals surface area contributed by atoms with E-state index >= 15 is 0 Å². The van der Waals surface area contributed by atoms with Crippen molar-refractivity contribution in [2.24, 2.45) is 16.8 Å². The maximum Gasteiger partial charge on any atom is 0.245 e. The summed E-state index contributed by atoms with van der Waals surface area (Å²) in [6, 6.07) is 15.4. The predicted octanol–water partition coefficient (Wildman–Crippen LogP) is 4.44. The van der Waals surface area contributed by atoms with Gasteiger partial charge in [0.25, 0.3) is 0 Å². The SMILES string of the molecule is O=C(CC1Cc2ccccc2C1)N=CC(CN1CCC(F)C1)C(O)c1cccc(Cl)c1. The molecule has 0 spiro atoms. The molecule has 2 aliphatic rings. The number of aliphatic hydroxyl groups excluding tert-OH is 1. The zero-order valence-electron chi connectivity index (χ0n) is 17.5. The average Bonchev–Trinajstić information content (AvgIpc) is 3.35. The van der Waals surface area contributed by atoms with Gasteiger partial charge in [-0.3, -0.25) is 9.69 Å². The Hall–Kier alpha value is -2.08. The number of halogens is 2. The van der Waals surface area contributed by atoms with Crippen LogP contribution in [-0.2, 0) is 17.6 Å². The summed E-state index contributed by atoms with van der Waals surface area (Å²) in [7, 11) is 0. The van der Waals surface area contributed by atoms with Crippen LogP contribution < -0.4 is 0 Å². The molecule has 1 fully saturated rings. The quantitative estimate of drug-likeness (QED) is 0.645. The van der Waals surface area contributed by atoms with Gasteiger partial charge in [-0.05, 0) is 54.0 Å². The first-order valence-electron chi connectivity index (χ1n) is 10.9. The number of alkyl halides is 1. The van der Waals surface area contributed by atoms with Gasteiger partial charge in [0, 0.05) is 43.2 Å². The van der Waals surface area contributed by atoms with Gasteiger partial charge in [-0.2, -0.15) is 0 Å². The largest absolute Gasteiger partial charge is 0.388 e. The summed E-state index contributed by atoms with van der Waals surface area (Å²) in [6.07, 6.45) is 2.53. The van der Waals surface area contributed by atoms with Crippen molar-refractivity contribution >= 4 is 23.7 Å². The first-order valence-corrected chi connectivity index (χ1v) is 11.3. The first kappa shape index (κ1) is 22.1. The third kappa shape index (κ3) is 5.79. The van der Waals surface area contributed by atoms with E-state index in [4.69, 9.17) is 11.6 Å². The van der Waals surface area contributed by atoms with Crippen LogP contribution >= 0.6 is 11.6 Å². The van der Waals surface area contributed by atoms with Crippen molar-refractivity contribution in [3.8, 4) is 0 Å². The molecule has 31 heavy (non-hydrogen) atoms. The second kappa shape index (κ2) is 10.0. The highest BCUT2D eigenvalue weighted by atomic mass is 35.5. The fourth-order valence-corrected chi connectivity index (χ4v) is 4.89. The average molecular weight is 443 g/mol. The monoisotopic (exact) mass is 442 g/mol. The van der Waals surface area contributed by atoms with Crippen molar-refractivity contribution in [2.45, 2.75) is 38.0 Å². The van der Waals surface area contributed by atoms with Crippen molar-refractivity contribution in [2.75, 3.05) is 19.6 Å². The van der Waals surface area contributed by atoms with Crippen LogP contribution in [0.15, 0.2) is 53.5 Å². The number of hydrogen-bond donors (Lipinski definition) is 1. The number of nitrogens with zero attached hydrogens (tertiary/aromatic N) is 2. The molecular weight excluding hydrogens is 415 g/mol. The van der Waals surface area contributed by atoms with Gasteiger partial charge in [-0.25, -0.2) is 9.38 Å². The van der Waals surface area contributed by atoms with Crippen molar-refractivity contribution in [3.63, 3.8) is 0 Å². The number of aliphatic imine (C=N–C) groups is 1. The third-order valence-corrected chi connectivity index (χ3v) is 6.52. The van der Waals surface area contributed by atoms with E-state index in [1.165, 1.54) is 11.1 Å². The Morgan fingerprint density at radius 2 is 1.97 bits per heavy atom. The van der Waals surface area contributed by atoms with Crippen molar-refractivity contribution in [1.82, 2.24) is 4.90 Å². The van der Waals surface area contributed by atoms with E-state index in [0.29, 0.717) is 43.1 Å². The van der Waals surface area contributed by atoms with E-state index in [0.717, 1.165) is 12.8 Å². The molecule has 1 heterocycles. The van der Waals surface area contributed by atoms with Gasteiger partial charge in [0.05, 0.1) is 6.10 Å². The zero-order chi connectivity index (χ0) is 21.8. The Labute approximate surface area is 187 Å². The molecule has 0 radical (unpaired) electrons. The lowest BCUT2D eigenvalue weighted by Gasteiger charge is -2.25. The second-order valence-corrected chi connectivity index (χ2v) is 9.16. The molecule has 4 rings (SSSR count). The summed E-state index contributed by atoms with van der Waals surface area (Å²) in [6.45, 7) is 1.43. The summed E-state index contributed by atoms with van der Waals surface area (Å²) in [5, 5.41) is 11.5. The van der Waals surface area contributed by atoms with Crippen molar-refractivity contribution in [3.05, 3.63) is 70.2 Å². The molecule has 0 saturated carbocycles. The first-order chi connectivity index (χ1) is 15.0. The lowest BCUT2D eigenvalue weighted by Crippen LogP contribution is -2.32. The molecule has 6 heteroatoms. The Morgan fingerprint density at radius 1 is 1.23 bits per heavy atom. The number of benzene rings is 2. The molecule has 3 unspecified atom stereocenters. The van der Waals surface area contributed by atoms with E-state index < -0.39 is 18.2 Å². The van der Waals surface area contributed by atoms with Gasteiger partial charge < -0.3 is 5.11 Å². The molecular formula is C25H28ClFN2O2. The molecule has 1 saturated heterocycles. The molecule has 1 aliphatic carbocycles. The summed E-state index contributed by atoms with van der Waals surface area (Å²) < 4.78 is 13.6. The molecule has 1 amide bonds. The van der Waals surface area contributed by atoms with E-state index in [1.54, 1.807) is 30.5 Å². The Kier molecular flexibility index (Phi) is 7.16. The van der Waals surface area contributed by atoms with Crippen LogP contribution in [-0.4, -0.2) is 47.9 Å².